The standard InChI is InChI=1S/C22H18FN3O3/c23-18-11-9-17(10-12-18)22(28)24-15-21(27)26-25-14-16-5-4-8-20(13-16)29-19-6-2-1-3-7-19/h1-14H,15H2,(H,24,28)(H,26,27)/b25-14+. The molecule has 0 saturated heterocycles. The van der Waals surface area contributed by atoms with Gasteiger partial charge in [0.1, 0.15) is 17.3 Å². The Balaban J connectivity index is 1.48. The van der Waals surface area contributed by atoms with E-state index in [9.17, 15) is 14.0 Å². The topological polar surface area (TPSA) is 79.8 Å². The monoisotopic (exact) mass is 391 g/mol. The minimum absolute atomic E-state index is 0.259. The molecule has 0 saturated carbocycles. The number of carbonyl (C=O) groups is 2. The third-order valence-corrected chi connectivity index (χ3v) is 3.76. The quantitative estimate of drug-likeness (QED) is 0.478. The molecule has 29 heavy (non-hydrogen) atoms. The van der Waals surface area contributed by atoms with Gasteiger partial charge in [-0.2, -0.15) is 5.10 Å². The van der Waals surface area contributed by atoms with Crippen molar-refractivity contribution in [3.8, 4) is 11.5 Å². The average Bonchev–Trinajstić information content (AvgIpc) is 2.73. The minimum atomic E-state index is -0.492. The Morgan fingerprint density at radius 3 is 2.41 bits per heavy atom. The number of rotatable bonds is 7. The second kappa shape index (κ2) is 9.80. The molecule has 6 nitrogen and oxygen atoms in total. The number of benzene rings is 3. The van der Waals surface area contributed by atoms with E-state index in [0.717, 1.165) is 5.56 Å². The van der Waals surface area contributed by atoms with Crippen LogP contribution in [-0.2, 0) is 4.79 Å². The number of halogens is 1. The van der Waals surface area contributed by atoms with Gasteiger partial charge >= 0.3 is 0 Å². The average molecular weight is 391 g/mol. The van der Waals surface area contributed by atoms with Crippen molar-refractivity contribution in [3.63, 3.8) is 0 Å². The number of para-hydroxylation sites is 1. The van der Waals surface area contributed by atoms with Crippen LogP contribution in [0.3, 0.4) is 0 Å². The number of hydrazone groups is 1. The smallest absolute Gasteiger partial charge is 0.259 e. The molecule has 7 heteroatoms. The Bertz CT molecular complexity index is 1010. The number of nitrogens with zero attached hydrogens (tertiary/aromatic N) is 1. The predicted octanol–water partition coefficient (Wildman–Crippen LogP) is 3.50. The molecule has 0 aromatic heterocycles. The summed E-state index contributed by atoms with van der Waals surface area (Å²) in [4.78, 5) is 23.7. The van der Waals surface area contributed by atoms with E-state index in [-0.39, 0.29) is 12.1 Å². The van der Waals surface area contributed by atoms with Crippen LogP contribution < -0.4 is 15.5 Å². The van der Waals surface area contributed by atoms with E-state index in [1.807, 2.05) is 48.5 Å². The predicted molar refractivity (Wildman–Crippen MR) is 107 cm³/mol. The summed E-state index contributed by atoms with van der Waals surface area (Å²) in [6, 6.07) is 21.6. The molecule has 2 N–H and O–H groups in total. The second-order valence-corrected chi connectivity index (χ2v) is 5.97. The van der Waals surface area contributed by atoms with Crippen LogP contribution in [0.15, 0.2) is 84.0 Å². The number of nitrogens with one attached hydrogen (secondary N) is 2. The Kier molecular flexibility index (Phi) is 6.67. The van der Waals surface area contributed by atoms with Gasteiger partial charge in [-0.25, -0.2) is 9.82 Å². The molecule has 2 amide bonds. The first-order valence-electron chi connectivity index (χ1n) is 8.79. The van der Waals surface area contributed by atoms with Crippen LogP contribution in [0.4, 0.5) is 4.39 Å². The van der Waals surface area contributed by atoms with Gasteiger partial charge in [-0.05, 0) is 54.1 Å². The molecular weight excluding hydrogens is 373 g/mol. The maximum atomic E-state index is 12.9. The van der Waals surface area contributed by atoms with Crippen LogP contribution in [0.5, 0.6) is 11.5 Å². The molecule has 146 valence electrons. The van der Waals surface area contributed by atoms with E-state index in [2.05, 4.69) is 15.8 Å². The fourth-order valence-corrected chi connectivity index (χ4v) is 2.37. The lowest BCUT2D eigenvalue weighted by atomic mass is 10.2. The molecule has 0 fully saturated rings. The highest BCUT2D eigenvalue weighted by Gasteiger charge is 2.07. The van der Waals surface area contributed by atoms with Gasteiger partial charge in [0, 0.05) is 5.56 Å². The summed E-state index contributed by atoms with van der Waals surface area (Å²) in [5.41, 5.74) is 3.32. The molecule has 0 heterocycles. The number of carbonyl (C=O) groups excluding carboxylic acids is 2. The van der Waals surface area contributed by atoms with E-state index in [0.29, 0.717) is 11.5 Å². The van der Waals surface area contributed by atoms with Gasteiger partial charge in [0.15, 0.2) is 0 Å². The Morgan fingerprint density at radius 1 is 0.931 bits per heavy atom. The maximum absolute atomic E-state index is 12.9. The number of hydrogen-bond acceptors (Lipinski definition) is 4. The fourth-order valence-electron chi connectivity index (χ4n) is 2.37. The summed E-state index contributed by atoms with van der Waals surface area (Å²) in [5.74, 6) is -0.0556. The first-order chi connectivity index (χ1) is 14.1. The number of amides is 2. The van der Waals surface area contributed by atoms with Crippen molar-refractivity contribution in [2.45, 2.75) is 0 Å². The van der Waals surface area contributed by atoms with E-state index < -0.39 is 17.6 Å². The van der Waals surface area contributed by atoms with Crippen LogP contribution >= 0.6 is 0 Å². The van der Waals surface area contributed by atoms with E-state index in [1.165, 1.54) is 30.5 Å². The fraction of sp³-hybridized carbons (Fsp3) is 0.0455. The van der Waals surface area contributed by atoms with E-state index in [1.54, 1.807) is 6.07 Å². The van der Waals surface area contributed by atoms with Gasteiger partial charge in [0.25, 0.3) is 11.8 Å². The first-order valence-corrected chi connectivity index (χ1v) is 8.79. The van der Waals surface area contributed by atoms with Crippen molar-refractivity contribution >= 4 is 18.0 Å². The summed E-state index contributed by atoms with van der Waals surface area (Å²) < 4.78 is 18.6. The molecule has 0 atom stereocenters. The van der Waals surface area contributed by atoms with Crippen LogP contribution in [0, 0.1) is 5.82 Å². The Labute approximate surface area is 167 Å². The molecule has 0 bridgehead atoms. The van der Waals surface area contributed by atoms with E-state index >= 15 is 0 Å². The molecule has 0 aliphatic carbocycles. The van der Waals surface area contributed by atoms with Gasteiger partial charge in [0.2, 0.25) is 0 Å². The van der Waals surface area contributed by atoms with Crippen LogP contribution in [0.2, 0.25) is 0 Å². The molecule has 0 aliphatic heterocycles. The highest BCUT2D eigenvalue weighted by atomic mass is 19.1. The van der Waals surface area contributed by atoms with Gasteiger partial charge in [-0.3, -0.25) is 9.59 Å². The van der Waals surface area contributed by atoms with Gasteiger partial charge in [-0.1, -0.05) is 30.3 Å². The lowest BCUT2D eigenvalue weighted by Gasteiger charge is -2.06. The van der Waals surface area contributed by atoms with Gasteiger partial charge < -0.3 is 10.1 Å². The second-order valence-electron chi connectivity index (χ2n) is 5.97. The lowest BCUT2D eigenvalue weighted by Crippen LogP contribution is -2.34. The third-order valence-electron chi connectivity index (χ3n) is 3.76. The SMILES string of the molecule is O=C(CNC(=O)c1ccc(F)cc1)N/N=C/c1cccc(Oc2ccccc2)c1. The van der Waals surface area contributed by atoms with Gasteiger partial charge in [0.05, 0.1) is 12.8 Å². The summed E-state index contributed by atoms with van der Waals surface area (Å²) in [6.07, 6.45) is 1.47. The molecule has 0 spiro atoms. The highest BCUT2D eigenvalue weighted by Crippen LogP contribution is 2.21. The first kappa shape index (κ1) is 19.8. The van der Waals surface area contributed by atoms with Crippen LogP contribution in [-0.4, -0.2) is 24.6 Å². The molecule has 3 aromatic carbocycles. The highest BCUT2D eigenvalue weighted by molar-refractivity contribution is 5.96. The number of hydrogen-bond donors (Lipinski definition) is 2. The molecular formula is C22H18FN3O3. The summed E-state index contributed by atoms with van der Waals surface area (Å²) in [7, 11) is 0. The summed E-state index contributed by atoms with van der Waals surface area (Å²) in [5, 5.41) is 6.31. The summed E-state index contributed by atoms with van der Waals surface area (Å²) >= 11 is 0. The zero-order valence-electron chi connectivity index (χ0n) is 15.3. The van der Waals surface area contributed by atoms with Crippen LogP contribution in [0.25, 0.3) is 0 Å². The van der Waals surface area contributed by atoms with Crippen molar-refractivity contribution in [2.75, 3.05) is 6.54 Å². The van der Waals surface area contributed by atoms with Crippen molar-refractivity contribution in [1.82, 2.24) is 10.7 Å². The van der Waals surface area contributed by atoms with Crippen molar-refractivity contribution in [2.24, 2.45) is 5.10 Å². The van der Waals surface area contributed by atoms with Gasteiger partial charge in [-0.15, -0.1) is 0 Å². The van der Waals surface area contributed by atoms with Crippen molar-refractivity contribution in [1.29, 1.82) is 0 Å². The molecule has 3 aromatic rings. The molecule has 0 radical (unpaired) electrons. The minimum Gasteiger partial charge on any atom is -0.457 e. The molecule has 3 rings (SSSR count). The molecule has 0 unspecified atom stereocenters. The Hall–Kier alpha value is -4.00. The Morgan fingerprint density at radius 2 is 1.66 bits per heavy atom. The zero-order chi connectivity index (χ0) is 20.5. The maximum Gasteiger partial charge on any atom is 0.259 e. The summed E-state index contributed by atoms with van der Waals surface area (Å²) in [6.45, 7) is -0.259. The van der Waals surface area contributed by atoms with Crippen molar-refractivity contribution < 1.29 is 18.7 Å². The lowest BCUT2D eigenvalue weighted by molar-refractivity contribution is -0.120. The zero-order valence-corrected chi connectivity index (χ0v) is 15.3. The largest absolute Gasteiger partial charge is 0.457 e. The molecule has 0 aliphatic rings. The normalized spacial score (nSPS) is 10.5. The number of ether oxygens (including phenoxy) is 1. The van der Waals surface area contributed by atoms with Crippen LogP contribution in [0.1, 0.15) is 15.9 Å². The third kappa shape index (κ3) is 6.28. The van der Waals surface area contributed by atoms with Crippen molar-refractivity contribution in [3.05, 3.63) is 95.8 Å². The van der Waals surface area contributed by atoms with E-state index in [4.69, 9.17) is 4.74 Å².